The van der Waals surface area contributed by atoms with E-state index in [1.807, 2.05) is 27.7 Å². The smallest absolute Gasteiger partial charge is 0.319 e. The molecular formula is C14H25NO5. The molecule has 0 N–H and O–H groups in total. The normalized spacial score (nSPS) is 23.6. The fourth-order valence-corrected chi connectivity index (χ4v) is 2.84. The lowest BCUT2D eigenvalue weighted by molar-refractivity contribution is -0.148. The summed E-state index contributed by atoms with van der Waals surface area (Å²) in [5.74, 6) is -0.760. The van der Waals surface area contributed by atoms with E-state index in [4.69, 9.17) is 14.2 Å². The van der Waals surface area contributed by atoms with Gasteiger partial charge >= 0.3 is 11.9 Å². The van der Waals surface area contributed by atoms with E-state index in [1.165, 1.54) is 14.2 Å². The Morgan fingerprint density at radius 2 is 1.55 bits per heavy atom. The Morgan fingerprint density at radius 1 is 1.10 bits per heavy atom. The third-order valence-corrected chi connectivity index (χ3v) is 3.59. The number of rotatable bonds is 5. The fourth-order valence-electron chi connectivity index (χ4n) is 2.84. The van der Waals surface area contributed by atoms with Crippen molar-refractivity contribution in [1.29, 1.82) is 0 Å². The molecule has 0 aliphatic carbocycles. The van der Waals surface area contributed by atoms with E-state index in [1.54, 1.807) is 4.90 Å². The third kappa shape index (κ3) is 4.18. The van der Waals surface area contributed by atoms with Gasteiger partial charge in [-0.3, -0.25) is 14.5 Å². The standard InChI is InChI=1S/C14H25NO5/c1-13(2)7-10(14(3,4)20-13)15(8-11(16)18-5)9-12(17)19-6/h10H,7-9H2,1-6H3. The summed E-state index contributed by atoms with van der Waals surface area (Å²) in [6.07, 6.45) is 0.730. The first-order valence-electron chi connectivity index (χ1n) is 6.69. The van der Waals surface area contributed by atoms with Crippen molar-refractivity contribution in [3.63, 3.8) is 0 Å². The average Bonchev–Trinajstić information content (AvgIpc) is 2.55. The molecule has 0 radical (unpaired) electrons. The summed E-state index contributed by atoms with van der Waals surface area (Å²) < 4.78 is 15.4. The Hall–Kier alpha value is -1.14. The SMILES string of the molecule is COC(=O)CN(CC(=O)OC)C1CC(C)(C)OC1(C)C. The monoisotopic (exact) mass is 287 g/mol. The zero-order valence-electron chi connectivity index (χ0n) is 13.2. The molecule has 1 aliphatic heterocycles. The molecule has 1 saturated heterocycles. The summed E-state index contributed by atoms with van der Waals surface area (Å²) in [6, 6.07) is -0.0595. The lowest BCUT2D eigenvalue weighted by Crippen LogP contribution is -2.50. The van der Waals surface area contributed by atoms with Crippen LogP contribution >= 0.6 is 0 Å². The second-order valence-corrected chi connectivity index (χ2v) is 6.24. The maximum Gasteiger partial charge on any atom is 0.319 e. The average molecular weight is 287 g/mol. The largest absolute Gasteiger partial charge is 0.468 e. The minimum atomic E-state index is -0.453. The lowest BCUT2D eigenvalue weighted by atomic mass is 9.93. The van der Waals surface area contributed by atoms with E-state index < -0.39 is 5.60 Å². The molecule has 1 unspecified atom stereocenters. The van der Waals surface area contributed by atoms with Crippen LogP contribution in [-0.2, 0) is 23.8 Å². The van der Waals surface area contributed by atoms with Crippen molar-refractivity contribution in [3.8, 4) is 0 Å². The van der Waals surface area contributed by atoms with E-state index >= 15 is 0 Å². The number of methoxy groups -OCH3 is 2. The first-order chi connectivity index (χ1) is 9.11. The van der Waals surface area contributed by atoms with E-state index in [2.05, 4.69) is 0 Å². The van der Waals surface area contributed by atoms with Gasteiger partial charge in [0.15, 0.2) is 0 Å². The van der Waals surface area contributed by atoms with Crippen molar-refractivity contribution in [2.75, 3.05) is 27.3 Å². The first-order valence-corrected chi connectivity index (χ1v) is 6.69. The summed E-state index contributed by atoms with van der Waals surface area (Å²) in [7, 11) is 2.66. The van der Waals surface area contributed by atoms with Gasteiger partial charge in [0.25, 0.3) is 0 Å². The van der Waals surface area contributed by atoms with Crippen LogP contribution in [0.4, 0.5) is 0 Å². The van der Waals surface area contributed by atoms with Gasteiger partial charge in [-0.15, -0.1) is 0 Å². The van der Waals surface area contributed by atoms with Crippen molar-refractivity contribution in [3.05, 3.63) is 0 Å². The van der Waals surface area contributed by atoms with Crippen LogP contribution in [0.1, 0.15) is 34.1 Å². The molecule has 1 atom stereocenters. The molecule has 1 heterocycles. The number of nitrogens with zero attached hydrogens (tertiary/aromatic N) is 1. The van der Waals surface area contributed by atoms with E-state index in [9.17, 15) is 9.59 Å². The van der Waals surface area contributed by atoms with Gasteiger partial charge in [0, 0.05) is 6.04 Å². The van der Waals surface area contributed by atoms with Crippen molar-refractivity contribution in [1.82, 2.24) is 4.90 Å². The zero-order valence-corrected chi connectivity index (χ0v) is 13.2. The van der Waals surface area contributed by atoms with Crippen molar-refractivity contribution in [2.45, 2.75) is 51.4 Å². The minimum Gasteiger partial charge on any atom is -0.468 e. The predicted octanol–water partition coefficient (Wildman–Crippen LogP) is 0.980. The van der Waals surface area contributed by atoms with Crippen LogP contribution in [0, 0.1) is 0 Å². The van der Waals surface area contributed by atoms with Crippen LogP contribution in [0.15, 0.2) is 0 Å². The molecule has 0 aromatic rings. The summed E-state index contributed by atoms with van der Waals surface area (Å²) in [5, 5.41) is 0. The molecule has 0 bridgehead atoms. The molecule has 0 saturated carbocycles. The van der Waals surface area contributed by atoms with E-state index in [0.29, 0.717) is 0 Å². The highest BCUT2D eigenvalue weighted by atomic mass is 16.5. The second kappa shape index (κ2) is 6.10. The highest BCUT2D eigenvalue weighted by Crippen LogP contribution is 2.40. The summed E-state index contributed by atoms with van der Waals surface area (Å²) in [5.41, 5.74) is -0.746. The van der Waals surface area contributed by atoms with Gasteiger partial charge in [-0.25, -0.2) is 0 Å². The van der Waals surface area contributed by atoms with Crippen molar-refractivity contribution in [2.24, 2.45) is 0 Å². The topological polar surface area (TPSA) is 65.1 Å². The molecule has 0 amide bonds. The Morgan fingerprint density at radius 3 is 1.85 bits per heavy atom. The molecule has 0 aromatic heterocycles. The van der Waals surface area contributed by atoms with Gasteiger partial charge in [0.1, 0.15) is 0 Å². The van der Waals surface area contributed by atoms with Crippen LogP contribution in [-0.4, -0.2) is 61.4 Å². The molecular weight excluding hydrogens is 262 g/mol. The van der Waals surface area contributed by atoms with Gasteiger partial charge in [-0.05, 0) is 34.1 Å². The maximum atomic E-state index is 11.6. The van der Waals surface area contributed by atoms with Gasteiger partial charge in [0.2, 0.25) is 0 Å². The van der Waals surface area contributed by atoms with Gasteiger partial charge < -0.3 is 14.2 Å². The number of carbonyl (C=O) groups is 2. The molecule has 1 fully saturated rings. The Balaban J connectivity index is 2.91. The highest BCUT2D eigenvalue weighted by Gasteiger charge is 2.49. The minimum absolute atomic E-state index is 0.0408. The lowest BCUT2D eigenvalue weighted by Gasteiger charge is -2.34. The zero-order chi connectivity index (χ0) is 15.6. The molecule has 0 spiro atoms. The molecule has 1 rings (SSSR count). The second-order valence-electron chi connectivity index (χ2n) is 6.24. The molecule has 0 aromatic carbocycles. The number of hydrogen-bond acceptors (Lipinski definition) is 6. The van der Waals surface area contributed by atoms with Crippen molar-refractivity contribution >= 4 is 11.9 Å². The van der Waals surface area contributed by atoms with Crippen molar-refractivity contribution < 1.29 is 23.8 Å². The fraction of sp³-hybridized carbons (Fsp3) is 0.857. The summed E-state index contributed by atoms with van der Waals surface area (Å²) in [6.45, 7) is 8.02. The third-order valence-electron chi connectivity index (χ3n) is 3.59. The Labute approximate surface area is 120 Å². The summed E-state index contributed by atoms with van der Waals surface area (Å²) >= 11 is 0. The Kier molecular flexibility index (Phi) is 5.15. The Bertz CT molecular complexity index is 360. The highest BCUT2D eigenvalue weighted by molar-refractivity contribution is 5.75. The number of carbonyl (C=O) groups excluding carboxylic acids is 2. The van der Waals surface area contributed by atoms with Gasteiger partial charge in [0.05, 0.1) is 38.5 Å². The van der Waals surface area contributed by atoms with Crippen LogP contribution in [0.25, 0.3) is 0 Å². The first kappa shape index (κ1) is 16.9. The molecule has 6 nitrogen and oxygen atoms in total. The van der Waals surface area contributed by atoms with Crippen LogP contribution in [0.5, 0.6) is 0 Å². The molecule has 1 aliphatic rings. The van der Waals surface area contributed by atoms with Crippen LogP contribution in [0.3, 0.4) is 0 Å². The van der Waals surface area contributed by atoms with E-state index in [-0.39, 0.29) is 36.7 Å². The van der Waals surface area contributed by atoms with Crippen LogP contribution < -0.4 is 0 Å². The molecule has 116 valence electrons. The number of hydrogen-bond donors (Lipinski definition) is 0. The van der Waals surface area contributed by atoms with Gasteiger partial charge in [-0.2, -0.15) is 0 Å². The summed E-state index contributed by atoms with van der Waals surface area (Å²) in [4.78, 5) is 24.9. The van der Waals surface area contributed by atoms with Gasteiger partial charge in [-0.1, -0.05) is 0 Å². The number of esters is 2. The maximum absolute atomic E-state index is 11.6. The number of ether oxygens (including phenoxy) is 3. The van der Waals surface area contributed by atoms with E-state index in [0.717, 1.165) is 6.42 Å². The predicted molar refractivity (Wildman–Crippen MR) is 73.3 cm³/mol. The molecule has 20 heavy (non-hydrogen) atoms. The quantitative estimate of drug-likeness (QED) is 0.702. The van der Waals surface area contributed by atoms with Crippen LogP contribution in [0.2, 0.25) is 0 Å². The molecule has 6 heteroatoms.